The van der Waals surface area contributed by atoms with Crippen molar-refractivity contribution in [3.05, 3.63) is 29.8 Å². The lowest BCUT2D eigenvalue weighted by atomic mass is 10.1. The third-order valence-corrected chi connectivity index (χ3v) is 3.96. The van der Waals surface area contributed by atoms with Gasteiger partial charge in [-0.05, 0) is 37.3 Å². The van der Waals surface area contributed by atoms with Crippen LogP contribution >= 0.6 is 11.8 Å². The average molecular weight is 253 g/mol. The second kappa shape index (κ2) is 6.92. The number of hydrogen-bond acceptors (Lipinski definition) is 3. The first-order valence-electron chi connectivity index (χ1n) is 6.10. The Balaban J connectivity index is 2.73. The molecule has 2 atom stereocenters. The maximum Gasteiger partial charge on any atom is 0.0787 e. The Labute approximate surface area is 109 Å². The first-order chi connectivity index (χ1) is 8.10. The lowest BCUT2D eigenvalue weighted by Gasteiger charge is -2.26. The van der Waals surface area contributed by atoms with Crippen LogP contribution in [0.5, 0.6) is 0 Å². The van der Waals surface area contributed by atoms with E-state index in [0.29, 0.717) is 6.04 Å². The number of nitrogens with zero attached hydrogens (tertiary/aromatic N) is 1. The van der Waals surface area contributed by atoms with Gasteiger partial charge >= 0.3 is 0 Å². The van der Waals surface area contributed by atoms with Crippen molar-refractivity contribution in [2.75, 3.05) is 24.0 Å². The molecule has 0 aliphatic carbocycles. The smallest absolute Gasteiger partial charge is 0.0787 e. The minimum absolute atomic E-state index is 0.335. The molecular weight excluding hydrogens is 230 g/mol. The SMILES string of the molecule is CC[C@@H](O)c1ccc(N(C)C(C)CSC)cc1. The zero-order chi connectivity index (χ0) is 12.8. The summed E-state index contributed by atoms with van der Waals surface area (Å²) in [4.78, 5) is 2.28. The van der Waals surface area contributed by atoms with Crippen molar-refractivity contribution < 1.29 is 5.11 Å². The van der Waals surface area contributed by atoms with Crippen LogP contribution in [0.25, 0.3) is 0 Å². The lowest BCUT2D eigenvalue weighted by Crippen LogP contribution is -2.30. The molecule has 1 aromatic rings. The molecule has 1 aromatic carbocycles. The van der Waals surface area contributed by atoms with Gasteiger partial charge in [0.15, 0.2) is 0 Å². The van der Waals surface area contributed by atoms with Crippen molar-refractivity contribution >= 4 is 17.4 Å². The van der Waals surface area contributed by atoms with E-state index in [-0.39, 0.29) is 6.10 Å². The van der Waals surface area contributed by atoms with E-state index in [9.17, 15) is 5.11 Å². The summed E-state index contributed by atoms with van der Waals surface area (Å²) in [6, 6.07) is 8.74. The molecule has 0 aromatic heterocycles. The summed E-state index contributed by atoms with van der Waals surface area (Å²) in [5.74, 6) is 1.12. The second-order valence-corrected chi connectivity index (χ2v) is 5.34. The third kappa shape index (κ3) is 3.93. The average Bonchev–Trinajstić information content (AvgIpc) is 2.37. The topological polar surface area (TPSA) is 23.5 Å². The van der Waals surface area contributed by atoms with E-state index in [0.717, 1.165) is 17.7 Å². The van der Waals surface area contributed by atoms with E-state index >= 15 is 0 Å². The molecule has 0 aliphatic heterocycles. The fourth-order valence-corrected chi connectivity index (χ4v) is 2.48. The molecule has 0 aliphatic rings. The maximum atomic E-state index is 9.74. The quantitative estimate of drug-likeness (QED) is 0.841. The van der Waals surface area contributed by atoms with E-state index in [1.165, 1.54) is 5.69 Å². The third-order valence-electron chi connectivity index (χ3n) is 3.14. The highest BCUT2D eigenvalue weighted by Crippen LogP contribution is 2.22. The van der Waals surface area contributed by atoms with Gasteiger partial charge in [0.05, 0.1) is 6.10 Å². The normalized spacial score (nSPS) is 14.4. The molecule has 0 bridgehead atoms. The molecule has 0 saturated heterocycles. The number of rotatable bonds is 6. The van der Waals surface area contributed by atoms with Gasteiger partial charge in [0.2, 0.25) is 0 Å². The van der Waals surface area contributed by atoms with Gasteiger partial charge < -0.3 is 10.0 Å². The van der Waals surface area contributed by atoms with Crippen molar-refractivity contribution in [2.45, 2.75) is 32.4 Å². The summed E-state index contributed by atoms with van der Waals surface area (Å²) in [5.41, 5.74) is 2.21. The fraction of sp³-hybridized carbons (Fsp3) is 0.571. The number of benzene rings is 1. The Morgan fingerprint density at radius 3 is 2.35 bits per heavy atom. The molecule has 1 N–H and O–H groups in total. The molecule has 0 saturated carbocycles. The van der Waals surface area contributed by atoms with Crippen molar-refractivity contribution in [2.24, 2.45) is 0 Å². The Morgan fingerprint density at radius 1 is 1.29 bits per heavy atom. The monoisotopic (exact) mass is 253 g/mol. The maximum absolute atomic E-state index is 9.74. The summed E-state index contributed by atoms with van der Waals surface area (Å²) in [7, 11) is 2.12. The first kappa shape index (κ1) is 14.4. The molecule has 1 unspecified atom stereocenters. The summed E-state index contributed by atoms with van der Waals surface area (Å²) in [5, 5.41) is 9.74. The van der Waals surface area contributed by atoms with Gasteiger partial charge in [-0.25, -0.2) is 0 Å². The van der Waals surface area contributed by atoms with E-state index < -0.39 is 0 Å². The van der Waals surface area contributed by atoms with Gasteiger partial charge in [-0.15, -0.1) is 0 Å². The van der Waals surface area contributed by atoms with Gasteiger partial charge in [0, 0.05) is 24.5 Å². The van der Waals surface area contributed by atoms with Crippen LogP contribution in [0.15, 0.2) is 24.3 Å². The van der Waals surface area contributed by atoms with Gasteiger partial charge in [-0.3, -0.25) is 0 Å². The predicted molar refractivity (Wildman–Crippen MR) is 77.9 cm³/mol. The molecule has 96 valence electrons. The summed E-state index contributed by atoms with van der Waals surface area (Å²) in [6.07, 6.45) is 2.56. The van der Waals surface area contributed by atoms with Crippen LogP contribution in [-0.2, 0) is 0 Å². The number of anilines is 1. The molecule has 2 nitrogen and oxygen atoms in total. The van der Waals surface area contributed by atoms with Gasteiger partial charge in [0.1, 0.15) is 0 Å². The van der Waals surface area contributed by atoms with Gasteiger partial charge in [-0.2, -0.15) is 11.8 Å². The molecule has 0 radical (unpaired) electrons. The number of hydrogen-bond donors (Lipinski definition) is 1. The van der Waals surface area contributed by atoms with Crippen LogP contribution in [-0.4, -0.2) is 30.2 Å². The zero-order valence-electron chi connectivity index (χ0n) is 11.2. The van der Waals surface area contributed by atoms with E-state index in [4.69, 9.17) is 0 Å². The molecule has 0 fully saturated rings. The van der Waals surface area contributed by atoms with Crippen molar-refractivity contribution in [1.29, 1.82) is 0 Å². The summed E-state index contributed by atoms with van der Waals surface area (Å²) >= 11 is 1.86. The van der Waals surface area contributed by atoms with Gasteiger partial charge in [0.25, 0.3) is 0 Å². The van der Waals surface area contributed by atoms with Gasteiger partial charge in [-0.1, -0.05) is 19.1 Å². The largest absolute Gasteiger partial charge is 0.388 e. The number of aliphatic hydroxyl groups excluding tert-OH is 1. The van der Waals surface area contributed by atoms with E-state index in [2.05, 4.69) is 37.3 Å². The highest BCUT2D eigenvalue weighted by atomic mass is 32.2. The van der Waals surface area contributed by atoms with Crippen LogP contribution in [0.2, 0.25) is 0 Å². The van der Waals surface area contributed by atoms with Crippen LogP contribution in [0.3, 0.4) is 0 Å². The van der Waals surface area contributed by atoms with Crippen LogP contribution in [0.4, 0.5) is 5.69 Å². The molecule has 1 rings (SSSR count). The molecule has 0 amide bonds. The van der Waals surface area contributed by atoms with E-state index in [1.54, 1.807) is 0 Å². The molecule has 17 heavy (non-hydrogen) atoms. The Kier molecular flexibility index (Phi) is 5.86. The van der Waals surface area contributed by atoms with Crippen LogP contribution < -0.4 is 4.90 Å². The van der Waals surface area contributed by atoms with Crippen molar-refractivity contribution in [3.63, 3.8) is 0 Å². The summed E-state index contributed by atoms with van der Waals surface area (Å²) in [6.45, 7) is 4.22. The number of thioether (sulfide) groups is 1. The Bertz CT molecular complexity index is 325. The van der Waals surface area contributed by atoms with Crippen LogP contribution in [0.1, 0.15) is 31.9 Å². The summed E-state index contributed by atoms with van der Waals surface area (Å²) < 4.78 is 0. The molecule has 0 heterocycles. The van der Waals surface area contributed by atoms with Crippen molar-refractivity contribution in [3.8, 4) is 0 Å². The minimum Gasteiger partial charge on any atom is -0.388 e. The highest BCUT2D eigenvalue weighted by Gasteiger charge is 2.10. The standard InChI is InChI=1S/C14H23NOS/c1-5-14(16)12-6-8-13(9-7-12)15(3)11(2)10-17-4/h6-9,11,14,16H,5,10H2,1-4H3/t11?,14-/m1/s1. The molecule has 0 spiro atoms. The molecular formula is C14H23NOS. The zero-order valence-corrected chi connectivity index (χ0v) is 12.0. The van der Waals surface area contributed by atoms with Crippen LogP contribution in [0, 0.1) is 0 Å². The minimum atomic E-state index is -0.335. The first-order valence-corrected chi connectivity index (χ1v) is 7.49. The highest BCUT2D eigenvalue weighted by molar-refractivity contribution is 7.98. The predicted octanol–water partition coefficient (Wildman–Crippen LogP) is 3.32. The number of aliphatic hydroxyl groups is 1. The Hall–Kier alpha value is -0.670. The van der Waals surface area contributed by atoms with Crippen molar-refractivity contribution in [1.82, 2.24) is 0 Å². The Morgan fingerprint density at radius 2 is 1.88 bits per heavy atom. The molecule has 3 heteroatoms. The lowest BCUT2D eigenvalue weighted by molar-refractivity contribution is 0.173. The second-order valence-electron chi connectivity index (χ2n) is 4.43. The fourth-order valence-electron chi connectivity index (χ4n) is 1.77. The van der Waals surface area contributed by atoms with E-state index in [1.807, 2.05) is 30.8 Å².